The lowest BCUT2D eigenvalue weighted by Crippen LogP contribution is -2.39. The number of nitrogens with zero attached hydrogens (tertiary/aromatic N) is 1. The standard InChI is InChI=1S/C24H31NO4/c1-15-6-19-17(11-28-20(19)7-16(15)2)8-22(27)29-12-21(26)25-14-24(5)10-18(25)9-23(3,4)13-24/h6-7,11,18H,8-10,12-14H2,1-5H3/t18-,24+/m1/s1. The number of furan rings is 1. The third-order valence-electron chi connectivity index (χ3n) is 6.70. The molecule has 1 saturated heterocycles. The van der Waals surface area contributed by atoms with Crippen LogP contribution in [0.25, 0.3) is 11.0 Å². The molecule has 2 fully saturated rings. The van der Waals surface area contributed by atoms with E-state index in [1.165, 1.54) is 0 Å². The van der Waals surface area contributed by atoms with Crippen LogP contribution in [0.4, 0.5) is 0 Å². The van der Waals surface area contributed by atoms with Gasteiger partial charge in [-0.15, -0.1) is 0 Å². The second-order valence-corrected chi connectivity index (χ2v) is 10.3. The zero-order valence-electron chi connectivity index (χ0n) is 18.1. The fourth-order valence-electron chi connectivity index (χ4n) is 5.66. The van der Waals surface area contributed by atoms with Gasteiger partial charge in [-0.1, -0.05) is 20.8 Å². The summed E-state index contributed by atoms with van der Waals surface area (Å²) in [6, 6.07) is 4.28. The summed E-state index contributed by atoms with van der Waals surface area (Å²) in [6.45, 7) is 11.5. The van der Waals surface area contributed by atoms with Gasteiger partial charge in [-0.05, 0) is 67.2 Å². The summed E-state index contributed by atoms with van der Waals surface area (Å²) in [6.07, 6.45) is 4.92. The van der Waals surface area contributed by atoms with Crippen LogP contribution in [0.1, 0.15) is 56.7 Å². The van der Waals surface area contributed by atoms with E-state index in [9.17, 15) is 9.59 Å². The van der Waals surface area contributed by atoms with Crippen LogP contribution in [0.15, 0.2) is 22.8 Å². The van der Waals surface area contributed by atoms with Crippen molar-refractivity contribution in [2.24, 2.45) is 10.8 Å². The van der Waals surface area contributed by atoms with E-state index >= 15 is 0 Å². The van der Waals surface area contributed by atoms with Crippen LogP contribution in [-0.4, -0.2) is 36.0 Å². The van der Waals surface area contributed by atoms with Crippen LogP contribution in [0.5, 0.6) is 0 Å². The molecule has 0 N–H and O–H groups in total. The first kappa shape index (κ1) is 20.0. The number of rotatable bonds is 4. The number of amides is 1. The van der Waals surface area contributed by atoms with E-state index in [4.69, 9.17) is 9.15 Å². The zero-order chi connectivity index (χ0) is 21.0. The highest BCUT2D eigenvalue weighted by Gasteiger charge is 2.50. The summed E-state index contributed by atoms with van der Waals surface area (Å²) < 4.78 is 10.9. The molecule has 0 unspecified atom stereocenters. The molecule has 4 rings (SSSR count). The Kier molecular flexibility index (Phi) is 4.75. The topological polar surface area (TPSA) is 59.8 Å². The number of ether oxygens (including phenoxy) is 1. The van der Waals surface area contributed by atoms with E-state index in [2.05, 4.69) is 20.8 Å². The molecule has 1 saturated carbocycles. The van der Waals surface area contributed by atoms with Crippen molar-refractivity contribution < 1.29 is 18.7 Å². The highest BCUT2D eigenvalue weighted by Crippen LogP contribution is 2.52. The minimum absolute atomic E-state index is 0.0757. The number of hydrogen-bond acceptors (Lipinski definition) is 4. The van der Waals surface area contributed by atoms with E-state index in [0.29, 0.717) is 0 Å². The minimum atomic E-state index is -0.395. The molecule has 156 valence electrons. The number of aryl methyl sites for hydroxylation is 2. The molecular formula is C24H31NO4. The van der Waals surface area contributed by atoms with E-state index in [0.717, 1.165) is 53.5 Å². The van der Waals surface area contributed by atoms with Crippen molar-refractivity contribution >= 4 is 22.8 Å². The lowest BCUT2D eigenvalue weighted by molar-refractivity contribution is -0.152. The van der Waals surface area contributed by atoms with Gasteiger partial charge in [0.05, 0.1) is 12.7 Å². The number of carbonyl (C=O) groups is 2. The zero-order valence-corrected chi connectivity index (χ0v) is 18.1. The molecule has 2 aliphatic rings. The molecular weight excluding hydrogens is 366 g/mol. The van der Waals surface area contributed by atoms with Crippen LogP contribution in [0.2, 0.25) is 0 Å². The van der Waals surface area contributed by atoms with Crippen molar-refractivity contribution in [2.75, 3.05) is 13.2 Å². The fraction of sp³-hybridized carbons (Fsp3) is 0.583. The number of likely N-dealkylation sites (tertiary alicyclic amines) is 1. The molecule has 1 aliphatic heterocycles. The van der Waals surface area contributed by atoms with Crippen molar-refractivity contribution in [1.29, 1.82) is 0 Å². The number of benzene rings is 1. The summed E-state index contributed by atoms with van der Waals surface area (Å²) in [5.41, 5.74) is 4.30. The molecule has 5 heteroatoms. The first-order valence-corrected chi connectivity index (χ1v) is 10.5. The summed E-state index contributed by atoms with van der Waals surface area (Å²) in [4.78, 5) is 27.1. The Bertz CT molecular complexity index is 973. The van der Waals surface area contributed by atoms with Gasteiger partial charge in [-0.2, -0.15) is 0 Å². The monoisotopic (exact) mass is 397 g/mol. The van der Waals surface area contributed by atoms with Gasteiger partial charge in [0.1, 0.15) is 5.58 Å². The lowest BCUT2D eigenvalue weighted by atomic mass is 9.65. The second kappa shape index (κ2) is 6.89. The summed E-state index contributed by atoms with van der Waals surface area (Å²) in [5.74, 6) is -0.471. The second-order valence-electron chi connectivity index (χ2n) is 10.3. The Morgan fingerprint density at radius 3 is 2.66 bits per heavy atom. The van der Waals surface area contributed by atoms with Crippen LogP contribution in [-0.2, 0) is 20.7 Å². The van der Waals surface area contributed by atoms with Gasteiger partial charge in [0.2, 0.25) is 0 Å². The average molecular weight is 398 g/mol. The first-order valence-electron chi connectivity index (χ1n) is 10.5. The molecule has 2 aromatic rings. The molecule has 0 spiro atoms. The third kappa shape index (κ3) is 3.92. The Labute approximate surface area is 172 Å². The van der Waals surface area contributed by atoms with Crippen LogP contribution < -0.4 is 0 Å². The number of hydrogen-bond donors (Lipinski definition) is 0. The van der Waals surface area contributed by atoms with Gasteiger partial charge in [0.15, 0.2) is 6.61 Å². The average Bonchev–Trinajstić information content (AvgIpc) is 3.10. The van der Waals surface area contributed by atoms with E-state index in [-0.39, 0.29) is 35.8 Å². The Balaban J connectivity index is 1.37. The Morgan fingerprint density at radius 1 is 1.17 bits per heavy atom. The van der Waals surface area contributed by atoms with Crippen LogP contribution in [0, 0.1) is 24.7 Å². The summed E-state index contributed by atoms with van der Waals surface area (Å²) in [7, 11) is 0. The first-order chi connectivity index (χ1) is 13.6. The number of carbonyl (C=O) groups excluding carboxylic acids is 2. The maximum atomic E-state index is 12.8. The maximum Gasteiger partial charge on any atom is 0.310 e. The SMILES string of the molecule is Cc1cc2occ(CC(=O)OCC(=O)N3C[C@@]4(C)C[C@H]3CC(C)(C)C4)c2cc1C. The van der Waals surface area contributed by atoms with Crippen molar-refractivity contribution in [3.63, 3.8) is 0 Å². The van der Waals surface area contributed by atoms with Crippen molar-refractivity contribution in [1.82, 2.24) is 4.90 Å². The molecule has 1 aliphatic carbocycles. The van der Waals surface area contributed by atoms with E-state index in [1.54, 1.807) is 6.26 Å². The molecule has 2 atom stereocenters. The minimum Gasteiger partial charge on any atom is -0.464 e. The highest BCUT2D eigenvalue weighted by atomic mass is 16.5. The quantitative estimate of drug-likeness (QED) is 0.710. The van der Waals surface area contributed by atoms with Gasteiger partial charge in [-0.3, -0.25) is 9.59 Å². The van der Waals surface area contributed by atoms with Gasteiger partial charge < -0.3 is 14.1 Å². The molecule has 29 heavy (non-hydrogen) atoms. The van der Waals surface area contributed by atoms with Crippen LogP contribution in [0.3, 0.4) is 0 Å². The third-order valence-corrected chi connectivity index (χ3v) is 6.70. The van der Waals surface area contributed by atoms with E-state index < -0.39 is 5.97 Å². The molecule has 2 bridgehead atoms. The van der Waals surface area contributed by atoms with Gasteiger partial charge in [-0.25, -0.2) is 0 Å². The maximum absolute atomic E-state index is 12.8. The predicted octanol–water partition coefficient (Wildman–Crippen LogP) is 4.56. The molecule has 1 amide bonds. The molecule has 0 radical (unpaired) electrons. The van der Waals surface area contributed by atoms with Crippen molar-refractivity contribution in [3.05, 3.63) is 35.1 Å². The summed E-state index contributed by atoms with van der Waals surface area (Å²) in [5, 5.41) is 0.930. The fourth-order valence-corrected chi connectivity index (χ4v) is 5.66. The van der Waals surface area contributed by atoms with Crippen molar-refractivity contribution in [2.45, 2.75) is 66.3 Å². The van der Waals surface area contributed by atoms with E-state index in [1.807, 2.05) is 30.9 Å². The smallest absolute Gasteiger partial charge is 0.310 e. The molecule has 2 heterocycles. The lowest BCUT2D eigenvalue weighted by Gasteiger charge is -2.39. The molecule has 1 aromatic heterocycles. The normalized spacial score (nSPS) is 25.4. The predicted molar refractivity (Wildman–Crippen MR) is 112 cm³/mol. The highest BCUT2D eigenvalue weighted by molar-refractivity contribution is 5.88. The number of fused-ring (bicyclic) bond motifs is 3. The Morgan fingerprint density at radius 2 is 1.90 bits per heavy atom. The molecule has 5 nitrogen and oxygen atoms in total. The Hall–Kier alpha value is -2.30. The summed E-state index contributed by atoms with van der Waals surface area (Å²) >= 11 is 0. The van der Waals surface area contributed by atoms with Gasteiger partial charge in [0, 0.05) is 23.5 Å². The van der Waals surface area contributed by atoms with Crippen molar-refractivity contribution in [3.8, 4) is 0 Å². The van der Waals surface area contributed by atoms with Crippen LogP contribution >= 0.6 is 0 Å². The van der Waals surface area contributed by atoms with Gasteiger partial charge in [0.25, 0.3) is 5.91 Å². The molecule has 1 aromatic carbocycles. The largest absolute Gasteiger partial charge is 0.464 e. The number of esters is 1. The van der Waals surface area contributed by atoms with Gasteiger partial charge >= 0.3 is 5.97 Å².